The van der Waals surface area contributed by atoms with E-state index in [4.69, 9.17) is 23.2 Å². The first-order chi connectivity index (χ1) is 26.8. The number of aromatic hydroxyl groups is 1. The maximum Gasteiger partial charge on any atom is 0.417 e. The minimum atomic E-state index is -4.75. The van der Waals surface area contributed by atoms with E-state index in [1.807, 2.05) is 35.7 Å². The number of anilines is 1. The topological polar surface area (TPSA) is 120 Å². The summed E-state index contributed by atoms with van der Waals surface area (Å²) in [7, 11) is 0. The summed E-state index contributed by atoms with van der Waals surface area (Å²) in [4.78, 5) is 64.8. The van der Waals surface area contributed by atoms with Crippen LogP contribution in [0.5, 0.6) is 5.75 Å². The monoisotopic (exact) mass is 816 g/mol. The number of benzene rings is 3. The molecular weight excluding hydrogens is 788 g/mol. The molecule has 0 radical (unpaired) electrons. The number of phenolic OH excluding ortho intramolecular Hbond substituents is 1. The van der Waals surface area contributed by atoms with Gasteiger partial charge < -0.3 is 5.11 Å². The number of thiophene rings is 1. The molecule has 0 spiro atoms. The van der Waals surface area contributed by atoms with Crippen molar-refractivity contribution in [2.75, 3.05) is 5.43 Å². The van der Waals surface area contributed by atoms with Gasteiger partial charge in [0.2, 0.25) is 11.8 Å². The summed E-state index contributed by atoms with van der Waals surface area (Å²) >= 11 is 14.1. The number of amides is 4. The van der Waals surface area contributed by atoms with Gasteiger partial charge in [-0.25, -0.2) is 4.98 Å². The van der Waals surface area contributed by atoms with Crippen LogP contribution >= 0.6 is 34.5 Å². The number of nitrogens with zero attached hydrogens (tertiary/aromatic N) is 3. The van der Waals surface area contributed by atoms with E-state index in [0.29, 0.717) is 39.4 Å². The highest BCUT2D eigenvalue weighted by atomic mass is 35.5. The molecule has 6 atom stereocenters. The largest absolute Gasteiger partial charge is 0.508 e. The second-order valence-electron chi connectivity index (χ2n) is 14.5. The van der Waals surface area contributed by atoms with E-state index >= 15 is 4.79 Å². The number of halogens is 5. The van der Waals surface area contributed by atoms with Crippen molar-refractivity contribution in [1.29, 1.82) is 0 Å². The standard InChI is InChI=1S/C41H29Cl2F3N4O5S/c42-23-10-8-21(9-11-23)40-29(37(53)50(39(40)55)48-35-30(43)16-22(18-47-35)41(44,45)46)17-28-26(34(40)33-25-6-2-1-4-20(25)7-14-31(33)51)12-13-27-32(28)38(54)49(36(27)52)19-24-5-3-15-56-24/h1-12,14-16,18,27-29,32,34,51H,13,17,19H2,(H,47,48)/t27-,28+,29-,32-,34+,40+/m0/s1. The number of aromatic nitrogens is 1. The molecule has 4 amide bonds. The number of pyridine rings is 1. The Morgan fingerprint density at radius 1 is 0.929 bits per heavy atom. The molecule has 15 heteroatoms. The third-order valence-corrected chi connectivity index (χ3v) is 13.2. The fraction of sp³-hybridized carbons (Fsp3) is 0.244. The second-order valence-corrected chi connectivity index (χ2v) is 16.4. The van der Waals surface area contributed by atoms with Crippen molar-refractivity contribution >= 4 is 74.8 Å². The zero-order valence-electron chi connectivity index (χ0n) is 29.0. The molecule has 2 saturated heterocycles. The minimum absolute atomic E-state index is 0.0412. The quantitative estimate of drug-likeness (QED) is 0.130. The third-order valence-electron chi connectivity index (χ3n) is 11.8. The van der Waals surface area contributed by atoms with E-state index in [1.165, 1.54) is 22.3 Å². The van der Waals surface area contributed by atoms with Crippen LogP contribution < -0.4 is 5.43 Å². The predicted molar refractivity (Wildman–Crippen MR) is 202 cm³/mol. The summed E-state index contributed by atoms with van der Waals surface area (Å²) in [6.07, 6.45) is -2.19. The Balaban J connectivity index is 1.26. The van der Waals surface area contributed by atoms with Crippen LogP contribution in [0.4, 0.5) is 19.0 Å². The number of phenols is 1. The van der Waals surface area contributed by atoms with Crippen LogP contribution in [0, 0.1) is 23.7 Å². The van der Waals surface area contributed by atoms with Gasteiger partial charge in [-0.1, -0.05) is 83.4 Å². The van der Waals surface area contributed by atoms with Gasteiger partial charge in [0.15, 0.2) is 5.82 Å². The number of allylic oxidation sites excluding steroid dienone is 2. The molecule has 2 aromatic heterocycles. The number of imide groups is 2. The highest BCUT2D eigenvalue weighted by molar-refractivity contribution is 7.09. The molecule has 3 fully saturated rings. The van der Waals surface area contributed by atoms with E-state index < -0.39 is 63.6 Å². The highest BCUT2D eigenvalue weighted by Crippen LogP contribution is 2.65. The van der Waals surface area contributed by atoms with Crippen molar-refractivity contribution in [2.24, 2.45) is 23.7 Å². The maximum atomic E-state index is 15.5. The van der Waals surface area contributed by atoms with E-state index in [1.54, 1.807) is 42.5 Å². The van der Waals surface area contributed by atoms with Gasteiger partial charge >= 0.3 is 6.18 Å². The molecule has 56 heavy (non-hydrogen) atoms. The lowest BCUT2D eigenvalue weighted by molar-refractivity contribution is -0.142. The Hall–Kier alpha value is -5.24. The number of likely N-dealkylation sites (tertiary alicyclic amines) is 1. The van der Waals surface area contributed by atoms with Crippen molar-refractivity contribution in [3.63, 3.8) is 0 Å². The van der Waals surface area contributed by atoms with Crippen molar-refractivity contribution < 1.29 is 37.5 Å². The molecule has 2 N–H and O–H groups in total. The number of hydrazine groups is 1. The zero-order valence-corrected chi connectivity index (χ0v) is 31.3. The van der Waals surface area contributed by atoms with Gasteiger partial charge in [0.25, 0.3) is 11.8 Å². The van der Waals surface area contributed by atoms with Crippen LogP contribution in [0.2, 0.25) is 10.0 Å². The predicted octanol–water partition coefficient (Wildman–Crippen LogP) is 8.51. The van der Waals surface area contributed by atoms with Crippen molar-refractivity contribution in [1.82, 2.24) is 14.9 Å². The van der Waals surface area contributed by atoms with Crippen LogP contribution in [0.25, 0.3) is 10.8 Å². The fourth-order valence-corrected chi connectivity index (χ4v) is 10.5. The van der Waals surface area contributed by atoms with Crippen LogP contribution in [-0.2, 0) is 37.3 Å². The molecular formula is C41H29Cl2F3N4O5S. The van der Waals surface area contributed by atoms with Crippen LogP contribution in [-0.4, -0.2) is 43.6 Å². The number of hydrogen-bond donors (Lipinski definition) is 2. The minimum Gasteiger partial charge on any atom is -0.508 e. The van der Waals surface area contributed by atoms with Crippen molar-refractivity contribution in [3.8, 4) is 5.75 Å². The lowest BCUT2D eigenvalue weighted by Crippen LogP contribution is -2.53. The van der Waals surface area contributed by atoms with Crippen LogP contribution in [0.3, 0.4) is 0 Å². The molecule has 3 aromatic carbocycles. The van der Waals surface area contributed by atoms with Gasteiger partial charge in [0, 0.05) is 27.6 Å². The Morgan fingerprint density at radius 3 is 2.41 bits per heavy atom. The van der Waals surface area contributed by atoms with E-state index in [9.17, 15) is 32.7 Å². The number of rotatable bonds is 6. The van der Waals surface area contributed by atoms with Crippen LogP contribution in [0.15, 0.2) is 102 Å². The van der Waals surface area contributed by atoms with E-state index in [2.05, 4.69) is 10.4 Å². The summed E-state index contributed by atoms with van der Waals surface area (Å²) in [5, 5.41) is 15.7. The van der Waals surface area contributed by atoms with Gasteiger partial charge in [-0.2, -0.15) is 18.2 Å². The van der Waals surface area contributed by atoms with Crippen LogP contribution in [0.1, 0.15) is 40.3 Å². The molecule has 284 valence electrons. The summed E-state index contributed by atoms with van der Waals surface area (Å²) in [6, 6.07) is 21.3. The van der Waals surface area contributed by atoms with Gasteiger partial charge in [-0.05, 0) is 70.8 Å². The third kappa shape index (κ3) is 5.38. The lowest BCUT2D eigenvalue weighted by atomic mass is 9.48. The summed E-state index contributed by atoms with van der Waals surface area (Å²) in [5.74, 6) is -7.32. The van der Waals surface area contributed by atoms with Gasteiger partial charge in [-0.3, -0.25) is 29.5 Å². The molecule has 4 heterocycles. The summed E-state index contributed by atoms with van der Waals surface area (Å²) < 4.78 is 40.6. The molecule has 0 unspecified atom stereocenters. The van der Waals surface area contributed by atoms with Gasteiger partial charge in [0.1, 0.15) is 5.75 Å². The molecule has 1 saturated carbocycles. The lowest BCUT2D eigenvalue weighted by Gasteiger charge is -2.51. The first-order valence-electron chi connectivity index (χ1n) is 17.7. The molecule has 5 aromatic rings. The summed E-state index contributed by atoms with van der Waals surface area (Å²) in [5.41, 5.74) is 1.06. The zero-order chi connectivity index (χ0) is 39.3. The highest BCUT2D eigenvalue weighted by Gasteiger charge is 2.71. The summed E-state index contributed by atoms with van der Waals surface area (Å²) in [6.45, 7) is 0.103. The first kappa shape index (κ1) is 36.4. The Kier molecular flexibility index (Phi) is 8.56. The first-order valence-corrected chi connectivity index (χ1v) is 19.4. The fourth-order valence-electron chi connectivity index (χ4n) is 9.46. The van der Waals surface area contributed by atoms with Gasteiger partial charge in [-0.15, -0.1) is 11.3 Å². The molecule has 4 aliphatic rings. The number of alkyl halides is 3. The SMILES string of the molecule is O=C1[C@H]2[C@H](CC=C3[C@H]2C[C@H]2C(=O)N(Nc4ncc(C(F)(F)F)cc4Cl)C(=O)[C@@]2(c2ccc(Cl)cc2)[C@H]3c2c(O)ccc3ccccc23)C(=O)N1Cc1cccs1. The molecule has 0 bridgehead atoms. The molecule has 9 nitrogen and oxygen atoms in total. The molecule has 2 aliphatic carbocycles. The Bertz CT molecular complexity index is 2510. The maximum absolute atomic E-state index is 15.5. The number of carbonyl (C=O) groups is 4. The second kappa shape index (κ2) is 13.2. The van der Waals surface area contributed by atoms with Crippen molar-refractivity contribution in [3.05, 3.63) is 134 Å². The normalized spacial score (nSPS) is 26.0. The Labute approximate surface area is 331 Å². The average Bonchev–Trinajstić information content (AvgIpc) is 3.84. The number of nitrogens with one attached hydrogen (secondary N) is 1. The number of hydrogen-bond acceptors (Lipinski definition) is 8. The van der Waals surface area contributed by atoms with E-state index in [-0.39, 0.29) is 42.8 Å². The molecule has 2 aliphatic heterocycles. The van der Waals surface area contributed by atoms with E-state index in [0.717, 1.165) is 15.3 Å². The Morgan fingerprint density at radius 2 is 1.70 bits per heavy atom. The van der Waals surface area contributed by atoms with Gasteiger partial charge in [0.05, 0.1) is 40.3 Å². The smallest absolute Gasteiger partial charge is 0.417 e. The molecule has 9 rings (SSSR count). The van der Waals surface area contributed by atoms with Crippen molar-refractivity contribution in [2.45, 2.75) is 36.9 Å². The average molecular weight is 818 g/mol. The number of fused-ring (bicyclic) bond motifs is 5. The number of carbonyl (C=O) groups excluding carboxylic acids is 4.